The third-order valence-electron chi connectivity index (χ3n) is 23.5. The van der Waals surface area contributed by atoms with Crippen molar-refractivity contribution in [2.24, 2.45) is 83.6 Å². The van der Waals surface area contributed by atoms with Gasteiger partial charge in [0.15, 0.2) is 52.9 Å². The number of Topliss-reactive ketones (excluding diaryl/α,β-unsaturated/α-hetero) is 7. The van der Waals surface area contributed by atoms with Gasteiger partial charge in [0.2, 0.25) is 59.1 Å². The summed E-state index contributed by atoms with van der Waals surface area (Å²) in [4.78, 5) is 248. The molecule has 28 N–H and O–H groups in total. The molecule has 0 aromatic carbocycles. The average molecular weight is 2540 g/mol. The summed E-state index contributed by atoms with van der Waals surface area (Å²) in [6, 6.07) is -9.81. The molecule has 2 fully saturated rings. The molecule has 63 heteroatoms. The van der Waals surface area contributed by atoms with Crippen molar-refractivity contribution in [2.45, 2.75) is 299 Å². The molecule has 11 amide bonds. The second-order valence-electron chi connectivity index (χ2n) is 35.7. The number of fused-ring (bicyclic) bond motifs is 4. The molecule has 4 aliphatic rings. The first-order valence-electron chi connectivity index (χ1n) is 47.3. The van der Waals surface area contributed by atoms with Crippen molar-refractivity contribution < 1.29 is 217 Å². The van der Waals surface area contributed by atoms with E-state index >= 15 is 0 Å². The van der Waals surface area contributed by atoms with Crippen molar-refractivity contribution in [3.05, 3.63) is 47.9 Å². The van der Waals surface area contributed by atoms with Gasteiger partial charge >= 0.3 is 0 Å². The van der Waals surface area contributed by atoms with Gasteiger partial charge in [-0.15, -0.1) is 63.8 Å². The van der Waals surface area contributed by atoms with Crippen LogP contribution in [-0.2, 0) is 243 Å². The van der Waals surface area contributed by atoms with Gasteiger partial charge in [0.05, 0.1) is 47.6 Å². The molecule has 820 valence electrons. The SMILES string of the molecule is CC(=O)C(CCCN=C(N)N)CC(=O)C1CC(=O)N(C)CCCCC([NH-])C(=O)CC(P(P)P)C(=O)N1.CC(=O)C(CCCN=C(N)N)CC(=O)C1CCCCN(C)C(=O)CC([NH-])C(=O)NC(P(P)P)C(=O)N1.CC(=O)C(CCCN=C(N)N)NC(=O)C1CCCCn2cc(nn2)CC([NH-])C(=O)NC(P(P)P)C(=O)N1.[CH2-]C1CCCCn2cc(nn2)CC(C(=O)NC(CCCN=C(N)N)C(C)=O)NC(=O)C(C)NC1=O.[Y].[Y].[Y].[Y]. The van der Waals surface area contributed by atoms with Crippen LogP contribution in [0.3, 0.4) is 0 Å². The van der Waals surface area contributed by atoms with Crippen LogP contribution in [0.5, 0.6) is 0 Å². The molecule has 6 heterocycles. The summed E-state index contributed by atoms with van der Waals surface area (Å²) < 4.78 is 3.29. The number of nitrogens with zero attached hydrogens (tertiary/aromatic N) is 12. The zero-order chi connectivity index (χ0) is 108. The van der Waals surface area contributed by atoms with Gasteiger partial charge in [-0.1, -0.05) is 61.4 Å². The second-order valence-corrected chi connectivity index (χ2v) is 56.1. The van der Waals surface area contributed by atoms with E-state index in [1.54, 1.807) is 35.9 Å². The zero-order valence-electron chi connectivity index (χ0n) is 85.3. The van der Waals surface area contributed by atoms with Crippen LogP contribution in [0.15, 0.2) is 32.4 Å². The van der Waals surface area contributed by atoms with Gasteiger partial charge in [0.1, 0.15) is 47.0 Å². The Bertz CT molecular complexity index is 4750. The van der Waals surface area contributed by atoms with Crippen molar-refractivity contribution in [1.82, 2.24) is 87.6 Å². The molecule has 2 aromatic heterocycles. The normalized spacial score (nSPS) is 22.3. The number of aromatic nitrogens is 6. The molecular weight excluding hydrogens is 2390 g/mol. The number of nitrogens with one attached hydrogen (secondary N) is 12. The van der Waals surface area contributed by atoms with E-state index in [2.05, 4.69) is 149 Å². The molecule has 4 radical (unpaired) electrons. The van der Waals surface area contributed by atoms with Crippen molar-refractivity contribution >= 4 is 205 Å². The number of hydrogen-bond donors (Lipinski definition) is 17. The van der Waals surface area contributed by atoms with Crippen molar-refractivity contribution in [2.75, 3.05) is 53.4 Å². The molecule has 0 aliphatic carbocycles. The summed E-state index contributed by atoms with van der Waals surface area (Å²) in [6.07, 6.45) is 12.9. The van der Waals surface area contributed by atoms with Crippen LogP contribution < -0.4 is 93.7 Å². The smallest absolute Gasteiger partial charge is 0.248 e. The van der Waals surface area contributed by atoms with Gasteiger partial charge in [0, 0.05) is 254 Å². The van der Waals surface area contributed by atoms with Crippen molar-refractivity contribution in [3.8, 4) is 0 Å². The van der Waals surface area contributed by atoms with Crippen LogP contribution in [0.25, 0.3) is 17.2 Å². The third-order valence-corrected chi connectivity index (χ3v) is 32.3. The maximum atomic E-state index is 13.3. The number of aliphatic imine (C=N–C) groups is 4. The molecule has 4 aliphatic heterocycles. The molecular formula is C85H151N32O18P9Y4-4. The largest absolute Gasteiger partial charge is 0.668 e. The Hall–Kier alpha value is -4.61. The molecule has 0 spiro atoms. The van der Waals surface area contributed by atoms with Gasteiger partial charge in [0.25, 0.3) is 0 Å². The molecule has 2 saturated heterocycles. The molecule has 6 rings (SSSR count). The fourth-order valence-electron chi connectivity index (χ4n) is 14.8. The van der Waals surface area contributed by atoms with E-state index in [0.717, 1.165) is 12.8 Å². The first kappa shape index (κ1) is 145. The summed E-state index contributed by atoms with van der Waals surface area (Å²) in [5, 5.41) is 40.4. The molecule has 22 unspecified atom stereocenters. The minimum absolute atomic E-state index is 0. The first-order chi connectivity index (χ1) is 67.7. The minimum atomic E-state index is -1.35. The fraction of sp³-hybridized carbons (Fsp3) is 0.682. The minimum Gasteiger partial charge on any atom is -0.668 e. The standard InChI is InChI=1S/C22H36N9O4.C22H40N6O5P3.C21H39N7O5P3.C20H36N10O4P3.4Y/c1-13-7-4-5-10-31-12-16(29-30-31)11-18(28-20(34)14(2)26-19(13)33)21(35)27-17(15(3)32)8-6-9-25-22(23)24;1-13(29)14(6-5-8-26-22(24)25)10-18(31)16-11-20(32)28(2)9-4-3-7-15(23)17(30)12-19(36(34)35)21(33)27-16;1-12(29)13(6-5-8-25-21(23)24)10-16(30)15-7-3-4-9-28(2)17(31)11-14(22)18(32)27-20(36(34)35)19(33)26-15;1-11(31)14(6-4-7-24-20(22)23)25-17(33)15-5-2-3-8-30-10-12(28-29-30)9-13(21)16(32)27-19(37(35)36)18(34)26-15;;;;/h12-14,17-18H,1,4-11H2,2-3H3,(H,26,33)(H,27,35)(H,28,34)(H4,23,24,25);14-16,19,23H,3-12,34-35H2,1-2H3,(H,27,33)(H4,24,25,26);13-15,20,22H,3-11,34-35H2,1-2H3,(H,26,33)(H,27,32)(H4,23,24,25);10,13-15,19,21H,2-9,35-36H2,1H3,(H,25,33)(H,26,34)(H,27,32)(H4,22,23,24);;;;/q4*-1;;;;. The van der Waals surface area contributed by atoms with Crippen LogP contribution in [0.4, 0.5) is 0 Å². The van der Waals surface area contributed by atoms with E-state index in [0.29, 0.717) is 179 Å². The summed E-state index contributed by atoms with van der Waals surface area (Å²) in [5.74, 6) is -11.0. The van der Waals surface area contributed by atoms with Crippen molar-refractivity contribution in [1.29, 1.82) is 0 Å². The summed E-state index contributed by atoms with van der Waals surface area (Å²) in [7, 11) is 14.8. The summed E-state index contributed by atoms with van der Waals surface area (Å²) in [6.45, 7) is 14.2. The Kier molecular flexibility index (Phi) is 77.2. The molecule has 148 heavy (non-hydrogen) atoms. The number of carbonyl (C=O) groups is 18. The number of amides is 11. The number of guanidine groups is 4. The topological polar surface area (TPSA) is 812 Å². The molecule has 50 nitrogen and oxygen atoms in total. The molecule has 4 bridgehead atoms. The van der Waals surface area contributed by atoms with E-state index in [-0.39, 0.29) is 252 Å². The van der Waals surface area contributed by atoms with Crippen LogP contribution in [0, 0.1) is 24.7 Å². The number of hydrogen-bond acceptors (Lipinski definition) is 26. The average Bonchev–Trinajstić information content (AvgIpc) is 1.19. The Morgan fingerprint density at radius 1 is 0.419 bits per heavy atom. The van der Waals surface area contributed by atoms with Crippen molar-refractivity contribution in [3.63, 3.8) is 0 Å². The van der Waals surface area contributed by atoms with Gasteiger partial charge in [-0.25, -0.2) is 0 Å². The molecule has 0 saturated carbocycles. The number of aryl methyl sites for hydroxylation is 2. The predicted octanol–water partition coefficient (Wildman–Crippen LogP) is 0.283. The maximum Gasteiger partial charge on any atom is 0.248 e. The Labute approximate surface area is 983 Å². The van der Waals surface area contributed by atoms with Gasteiger partial charge < -0.3 is 132 Å². The number of rotatable bonds is 33. The zero-order valence-corrected chi connectivity index (χ0v) is 106. The summed E-state index contributed by atoms with van der Waals surface area (Å²) >= 11 is 0. The monoisotopic (exact) mass is 2540 g/mol. The van der Waals surface area contributed by atoms with Crippen LogP contribution in [0.2, 0.25) is 0 Å². The van der Waals surface area contributed by atoms with Crippen LogP contribution in [-0.4, -0.2) is 300 Å². The summed E-state index contributed by atoms with van der Waals surface area (Å²) in [5.41, 5.74) is 67.2. The second kappa shape index (κ2) is 78.5. The van der Waals surface area contributed by atoms with Gasteiger partial charge in [-0.05, 0) is 164 Å². The number of nitrogens with two attached hydrogens (primary N) is 8. The third kappa shape index (κ3) is 59.0. The number of carbonyl (C=O) groups excluding carboxylic acids is 18. The van der Waals surface area contributed by atoms with E-state index in [9.17, 15) is 86.3 Å². The van der Waals surface area contributed by atoms with Gasteiger partial charge in [-0.2, -0.15) is 0 Å². The van der Waals surface area contributed by atoms with E-state index in [1.807, 2.05) is 0 Å². The van der Waals surface area contributed by atoms with E-state index in [4.69, 9.17) is 63.1 Å². The quantitative estimate of drug-likeness (QED) is 0.0150. The van der Waals surface area contributed by atoms with Crippen LogP contribution in [0.1, 0.15) is 207 Å². The van der Waals surface area contributed by atoms with Gasteiger partial charge in [-0.3, -0.25) is 111 Å². The molecule has 22 atom stereocenters. The first-order valence-corrected chi connectivity index (χ1v) is 61.3. The molecule has 2 aromatic rings. The fourth-order valence-corrected chi connectivity index (χ4v) is 20.8. The Morgan fingerprint density at radius 3 is 1.20 bits per heavy atom. The Balaban J connectivity index is 0. The number of ketones is 7. The predicted molar refractivity (Wildman–Crippen MR) is 575 cm³/mol. The Morgan fingerprint density at radius 2 is 0.784 bits per heavy atom. The van der Waals surface area contributed by atoms with E-state index < -0.39 is 170 Å². The maximum absolute atomic E-state index is 13.3. The van der Waals surface area contributed by atoms with Crippen LogP contribution >= 0.6 is 75.5 Å². The van der Waals surface area contributed by atoms with E-state index in [1.165, 1.54) is 44.4 Å².